The van der Waals surface area contributed by atoms with E-state index in [4.69, 9.17) is 0 Å². The van der Waals surface area contributed by atoms with Gasteiger partial charge in [-0.25, -0.2) is 0 Å². The molecule has 0 unspecified atom stereocenters. The Balaban J connectivity index is 1.70. The topological polar surface area (TPSA) is 43.8 Å². The third-order valence-electron chi connectivity index (χ3n) is 6.25. The molecule has 1 aliphatic rings. The summed E-state index contributed by atoms with van der Waals surface area (Å²) >= 11 is 0. The van der Waals surface area contributed by atoms with Crippen LogP contribution in [0, 0.1) is 0 Å². The molecule has 1 amide bonds. The summed E-state index contributed by atoms with van der Waals surface area (Å²) in [5.41, 5.74) is 2.75. The first-order valence-corrected chi connectivity index (χ1v) is 11.0. The quantitative estimate of drug-likeness (QED) is 0.603. The number of aromatic hydroxyl groups is 1. The number of rotatable bonds is 7. The molecule has 0 aromatic heterocycles. The number of benzene rings is 3. The van der Waals surface area contributed by atoms with Crippen molar-refractivity contribution in [3.05, 3.63) is 102 Å². The highest BCUT2D eigenvalue weighted by atomic mass is 16.3. The van der Waals surface area contributed by atoms with E-state index in [2.05, 4.69) is 4.90 Å². The van der Waals surface area contributed by atoms with Crippen LogP contribution >= 0.6 is 0 Å². The average Bonchev–Trinajstić information content (AvgIpc) is 3.32. The molecular formula is C27H30N2O2. The Bertz CT molecular complexity index is 945. The first-order valence-electron chi connectivity index (χ1n) is 11.0. The maximum absolute atomic E-state index is 14.0. The molecule has 4 heteroatoms. The van der Waals surface area contributed by atoms with E-state index < -0.39 is 0 Å². The minimum Gasteiger partial charge on any atom is -0.508 e. The molecule has 0 saturated carbocycles. The second-order valence-electron chi connectivity index (χ2n) is 8.29. The van der Waals surface area contributed by atoms with Gasteiger partial charge in [0.15, 0.2) is 0 Å². The number of carbonyl (C=O) groups excluding carboxylic acids is 1. The minimum absolute atomic E-state index is 0.0323. The predicted molar refractivity (Wildman–Crippen MR) is 124 cm³/mol. The molecule has 0 aliphatic carbocycles. The van der Waals surface area contributed by atoms with Gasteiger partial charge in [-0.05, 0) is 43.1 Å². The number of hydrogen-bond acceptors (Lipinski definition) is 3. The van der Waals surface area contributed by atoms with Gasteiger partial charge in [-0.15, -0.1) is 0 Å². The second kappa shape index (κ2) is 9.80. The van der Waals surface area contributed by atoms with Crippen molar-refractivity contribution in [3.63, 3.8) is 0 Å². The summed E-state index contributed by atoms with van der Waals surface area (Å²) in [7, 11) is 1.87. The van der Waals surface area contributed by atoms with E-state index in [0.29, 0.717) is 0 Å². The van der Waals surface area contributed by atoms with Gasteiger partial charge in [0.1, 0.15) is 5.75 Å². The molecule has 3 aromatic rings. The summed E-state index contributed by atoms with van der Waals surface area (Å²) in [6.07, 6.45) is 2.36. The number of para-hydroxylation sites is 1. The minimum atomic E-state index is -0.390. The fourth-order valence-electron chi connectivity index (χ4n) is 4.53. The van der Waals surface area contributed by atoms with Crippen LogP contribution in [0.5, 0.6) is 5.75 Å². The molecule has 4 rings (SSSR count). The molecule has 0 radical (unpaired) electrons. The fourth-order valence-corrected chi connectivity index (χ4v) is 4.53. The van der Waals surface area contributed by atoms with Crippen molar-refractivity contribution >= 4 is 5.91 Å². The number of carbonyl (C=O) groups is 1. The maximum Gasteiger partial charge on any atom is 0.234 e. The number of hydrogen-bond donors (Lipinski definition) is 1. The van der Waals surface area contributed by atoms with Crippen LogP contribution < -0.4 is 0 Å². The molecule has 0 spiro atoms. The third-order valence-corrected chi connectivity index (χ3v) is 6.25. The lowest BCUT2D eigenvalue weighted by Gasteiger charge is -2.34. The SMILES string of the molecule is CN(C(=O)C(c1ccccc1)c1ccccc1)[C@H](CN1CCCC1)c1ccccc1O. The van der Waals surface area contributed by atoms with Crippen LogP contribution in [-0.4, -0.2) is 47.5 Å². The molecule has 3 aromatic carbocycles. The van der Waals surface area contributed by atoms with Crippen LogP contribution in [0.1, 0.15) is 41.5 Å². The Kier molecular flexibility index (Phi) is 6.68. The van der Waals surface area contributed by atoms with Crippen molar-refractivity contribution in [2.24, 2.45) is 0 Å². The largest absolute Gasteiger partial charge is 0.508 e. The van der Waals surface area contributed by atoms with Gasteiger partial charge < -0.3 is 14.9 Å². The summed E-state index contributed by atoms with van der Waals surface area (Å²) in [4.78, 5) is 18.2. The summed E-state index contributed by atoms with van der Waals surface area (Å²) in [5.74, 6) is -0.119. The van der Waals surface area contributed by atoms with Gasteiger partial charge in [0.05, 0.1) is 12.0 Å². The smallest absolute Gasteiger partial charge is 0.234 e. The molecule has 4 nitrogen and oxygen atoms in total. The monoisotopic (exact) mass is 414 g/mol. The molecule has 1 fully saturated rings. The first kappa shape index (κ1) is 21.1. The van der Waals surface area contributed by atoms with Crippen molar-refractivity contribution in [2.75, 3.05) is 26.7 Å². The Morgan fingerprint density at radius 1 is 0.871 bits per heavy atom. The van der Waals surface area contributed by atoms with Crippen LogP contribution in [0.15, 0.2) is 84.9 Å². The molecular weight excluding hydrogens is 384 g/mol. The zero-order chi connectivity index (χ0) is 21.6. The molecule has 1 N–H and O–H groups in total. The van der Waals surface area contributed by atoms with Gasteiger partial charge >= 0.3 is 0 Å². The summed E-state index contributed by atoms with van der Waals surface area (Å²) in [6, 6.07) is 27.1. The highest BCUT2D eigenvalue weighted by molar-refractivity contribution is 5.87. The lowest BCUT2D eigenvalue weighted by atomic mass is 9.89. The van der Waals surface area contributed by atoms with Crippen LogP contribution in [-0.2, 0) is 4.79 Å². The number of likely N-dealkylation sites (tertiary alicyclic amines) is 1. The molecule has 1 aliphatic heterocycles. The van der Waals surface area contributed by atoms with E-state index in [1.807, 2.05) is 90.8 Å². The number of amides is 1. The first-order chi connectivity index (χ1) is 15.1. The third kappa shape index (κ3) is 4.80. The van der Waals surface area contributed by atoms with E-state index in [1.54, 1.807) is 6.07 Å². The van der Waals surface area contributed by atoms with Crippen molar-refractivity contribution in [3.8, 4) is 5.75 Å². The highest BCUT2D eigenvalue weighted by Gasteiger charge is 2.32. The normalized spacial score (nSPS) is 15.2. The highest BCUT2D eigenvalue weighted by Crippen LogP contribution is 2.34. The van der Waals surface area contributed by atoms with E-state index >= 15 is 0 Å². The van der Waals surface area contributed by atoms with Crippen molar-refractivity contribution in [1.29, 1.82) is 0 Å². The van der Waals surface area contributed by atoms with Gasteiger partial charge in [-0.2, -0.15) is 0 Å². The van der Waals surface area contributed by atoms with Crippen LogP contribution in [0.25, 0.3) is 0 Å². The maximum atomic E-state index is 14.0. The average molecular weight is 415 g/mol. The van der Waals surface area contributed by atoms with Crippen LogP contribution in [0.2, 0.25) is 0 Å². The molecule has 1 saturated heterocycles. The summed E-state index contributed by atoms with van der Waals surface area (Å²) in [6.45, 7) is 2.79. The Labute approximate surface area is 184 Å². The molecule has 160 valence electrons. The van der Waals surface area contributed by atoms with Crippen LogP contribution in [0.4, 0.5) is 0 Å². The number of phenols is 1. The number of phenolic OH excluding ortho intramolecular Hbond substituents is 1. The fraction of sp³-hybridized carbons (Fsp3) is 0.296. The van der Waals surface area contributed by atoms with Gasteiger partial charge in [-0.1, -0.05) is 78.9 Å². The summed E-state index contributed by atoms with van der Waals surface area (Å²) < 4.78 is 0. The lowest BCUT2D eigenvalue weighted by molar-refractivity contribution is -0.133. The van der Waals surface area contributed by atoms with E-state index in [-0.39, 0.29) is 23.6 Å². The van der Waals surface area contributed by atoms with E-state index in [0.717, 1.165) is 36.3 Å². The Hall–Kier alpha value is -3.11. The van der Waals surface area contributed by atoms with Gasteiger partial charge in [0.2, 0.25) is 5.91 Å². The van der Waals surface area contributed by atoms with Crippen molar-refractivity contribution < 1.29 is 9.90 Å². The molecule has 31 heavy (non-hydrogen) atoms. The standard InChI is InChI=1S/C27H30N2O2/c1-28(24(20-29-18-10-11-19-29)23-16-8-9-17-25(23)30)27(31)26(21-12-4-2-5-13-21)22-14-6-3-7-15-22/h2-9,12-17,24,26,30H,10-11,18-20H2,1H3/t24-/m1/s1. The van der Waals surface area contributed by atoms with Crippen LogP contribution in [0.3, 0.4) is 0 Å². The van der Waals surface area contributed by atoms with Gasteiger partial charge in [-0.3, -0.25) is 4.79 Å². The zero-order valence-corrected chi connectivity index (χ0v) is 18.0. The Morgan fingerprint density at radius 3 is 1.94 bits per heavy atom. The van der Waals surface area contributed by atoms with Crippen molar-refractivity contribution in [2.45, 2.75) is 24.8 Å². The number of likely N-dealkylation sites (N-methyl/N-ethyl adjacent to an activating group) is 1. The van der Waals surface area contributed by atoms with Gasteiger partial charge in [0, 0.05) is 19.2 Å². The zero-order valence-electron chi connectivity index (χ0n) is 18.0. The molecule has 0 bridgehead atoms. The Morgan fingerprint density at radius 2 is 1.39 bits per heavy atom. The lowest BCUT2D eigenvalue weighted by Crippen LogP contribution is -2.41. The predicted octanol–water partition coefficient (Wildman–Crippen LogP) is 4.82. The number of nitrogens with zero attached hydrogens (tertiary/aromatic N) is 2. The van der Waals surface area contributed by atoms with E-state index in [1.165, 1.54) is 12.8 Å². The molecule has 1 atom stereocenters. The van der Waals surface area contributed by atoms with Gasteiger partial charge in [0.25, 0.3) is 0 Å². The van der Waals surface area contributed by atoms with E-state index in [9.17, 15) is 9.90 Å². The van der Waals surface area contributed by atoms with Crippen molar-refractivity contribution in [1.82, 2.24) is 9.80 Å². The summed E-state index contributed by atoms with van der Waals surface area (Å²) in [5, 5.41) is 10.6. The molecule has 1 heterocycles. The second-order valence-corrected chi connectivity index (χ2v) is 8.29.